The first-order valence-corrected chi connectivity index (χ1v) is 8.85. The molecule has 1 aliphatic rings. The third-order valence-electron chi connectivity index (χ3n) is 4.53. The molecule has 144 valence electrons. The highest BCUT2D eigenvalue weighted by molar-refractivity contribution is 6.21. The summed E-state index contributed by atoms with van der Waals surface area (Å²) < 4.78 is 4.96. The Balaban J connectivity index is 1.48. The highest BCUT2D eigenvalue weighted by Crippen LogP contribution is 2.22. The van der Waals surface area contributed by atoms with Crippen molar-refractivity contribution in [3.8, 4) is 0 Å². The monoisotopic (exact) mass is 380 g/mol. The average molecular weight is 380 g/mol. The minimum Gasteiger partial charge on any atom is -0.456 e. The number of amides is 3. The molecule has 0 atom stereocenters. The lowest BCUT2D eigenvalue weighted by Gasteiger charge is -2.14. The topological polar surface area (TPSA) is 92.8 Å². The molecule has 0 bridgehead atoms. The molecule has 0 saturated heterocycles. The number of carbonyl (C=O) groups is 4. The number of nitrogens with zero attached hydrogens (tertiary/aromatic N) is 1. The van der Waals surface area contributed by atoms with E-state index in [1.54, 1.807) is 24.3 Å². The van der Waals surface area contributed by atoms with Crippen LogP contribution in [0.5, 0.6) is 0 Å². The second-order valence-electron chi connectivity index (χ2n) is 6.53. The predicted octanol–water partition coefficient (Wildman–Crippen LogP) is 2.47. The van der Waals surface area contributed by atoms with Gasteiger partial charge in [0.15, 0.2) is 6.61 Å². The first kappa shape index (κ1) is 19.3. The molecule has 28 heavy (non-hydrogen) atoms. The summed E-state index contributed by atoms with van der Waals surface area (Å²) in [4.78, 5) is 49.5. The molecule has 0 saturated carbocycles. The molecule has 0 radical (unpaired) electrons. The molecule has 1 aliphatic heterocycles. The van der Waals surface area contributed by atoms with Crippen molar-refractivity contribution in [1.29, 1.82) is 0 Å². The van der Waals surface area contributed by atoms with E-state index in [1.165, 1.54) is 0 Å². The van der Waals surface area contributed by atoms with Crippen molar-refractivity contribution in [3.05, 3.63) is 64.7 Å². The number of hydrogen-bond donors (Lipinski definition) is 1. The SMILES string of the molecule is Cc1cccc(C)c1NC(=O)COC(=O)CCN1C(=O)c2ccccc2C1=O. The molecule has 0 aromatic heterocycles. The quantitative estimate of drug-likeness (QED) is 0.614. The molecule has 7 heteroatoms. The van der Waals surface area contributed by atoms with Gasteiger partial charge in [0.2, 0.25) is 0 Å². The van der Waals surface area contributed by atoms with Gasteiger partial charge in [0.25, 0.3) is 17.7 Å². The normalized spacial score (nSPS) is 12.7. The van der Waals surface area contributed by atoms with Crippen LogP contribution in [0.25, 0.3) is 0 Å². The Morgan fingerprint density at radius 2 is 1.50 bits per heavy atom. The van der Waals surface area contributed by atoms with Gasteiger partial charge in [-0.15, -0.1) is 0 Å². The third-order valence-corrected chi connectivity index (χ3v) is 4.53. The fourth-order valence-electron chi connectivity index (χ4n) is 3.05. The van der Waals surface area contributed by atoms with E-state index in [0.717, 1.165) is 16.0 Å². The van der Waals surface area contributed by atoms with Crippen molar-refractivity contribution < 1.29 is 23.9 Å². The highest BCUT2D eigenvalue weighted by Gasteiger charge is 2.35. The highest BCUT2D eigenvalue weighted by atomic mass is 16.5. The van der Waals surface area contributed by atoms with Crippen molar-refractivity contribution >= 4 is 29.4 Å². The maximum absolute atomic E-state index is 12.2. The van der Waals surface area contributed by atoms with Crippen LogP contribution in [0.4, 0.5) is 5.69 Å². The van der Waals surface area contributed by atoms with Crippen LogP contribution in [0.2, 0.25) is 0 Å². The van der Waals surface area contributed by atoms with E-state index in [1.807, 2.05) is 32.0 Å². The number of ether oxygens (including phenoxy) is 1. The summed E-state index contributed by atoms with van der Waals surface area (Å²) in [7, 11) is 0. The van der Waals surface area contributed by atoms with Gasteiger partial charge in [0.05, 0.1) is 17.5 Å². The molecule has 3 rings (SSSR count). The van der Waals surface area contributed by atoms with E-state index in [2.05, 4.69) is 5.32 Å². The number of nitrogens with one attached hydrogen (secondary N) is 1. The molecule has 0 fully saturated rings. The van der Waals surface area contributed by atoms with E-state index >= 15 is 0 Å². The molecule has 3 amide bonds. The Morgan fingerprint density at radius 1 is 0.929 bits per heavy atom. The second kappa shape index (κ2) is 8.04. The van der Waals surface area contributed by atoms with Gasteiger partial charge >= 0.3 is 5.97 Å². The first-order chi connectivity index (χ1) is 13.4. The number of rotatable bonds is 6. The number of imide groups is 1. The summed E-state index contributed by atoms with van der Waals surface area (Å²) in [5.41, 5.74) is 3.16. The van der Waals surface area contributed by atoms with Gasteiger partial charge in [0.1, 0.15) is 0 Å². The number of esters is 1. The predicted molar refractivity (Wildman–Crippen MR) is 102 cm³/mol. The van der Waals surface area contributed by atoms with Crippen LogP contribution < -0.4 is 5.32 Å². The third kappa shape index (κ3) is 3.93. The zero-order chi connectivity index (χ0) is 20.3. The van der Waals surface area contributed by atoms with Crippen LogP contribution in [0, 0.1) is 13.8 Å². The fraction of sp³-hybridized carbons (Fsp3) is 0.238. The molecule has 2 aromatic rings. The standard InChI is InChI=1S/C21H20N2O5/c1-13-6-5-7-14(2)19(13)22-17(24)12-28-18(25)10-11-23-20(26)15-8-3-4-9-16(15)21(23)27/h3-9H,10-12H2,1-2H3,(H,22,24). The van der Waals surface area contributed by atoms with Crippen LogP contribution in [0.1, 0.15) is 38.3 Å². The summed E-state index contributed by atoms with van der Waals surface area (Å²) in [5, 5.41) is 2.72. The molecule has 1 heterocycles. The summed E-state index contributed by atoms with van der Waals surface area (Å²) >= 11 is 0. The van der Waals surface area contributed by atoms with Crippen LogP contribution in [-0.4, -0.2) is 41.7 Å². The van der Waals surface area contributed by atoms with Gasteiger partial charge in [-0.3, -0.25) is 24.1 Å². The molecular weight excluding hydrogens is 360 g/mol. The van der Waals surface area contributed by atoms with E-state index in [0.29, 0.717) is 16.8 Å². The summed E-state index contributed by atoms with van der Waals surface area (Å²) in [6.07, 6.45) is -0.178. The van der Waals surface area contributed by atoms with Crippen LogP contribution in [0.15, 0.2) is 42.5 Å². The molecule has 7 nitrogen and oxygen atoms in total. The summed E-state index contributed by atoms with van der Waals surface area (Å²) in [5.74, 6) is -1.97. The average Bonchev–Trinajstić information content (AvgIpc) is 2.92. The molecule has 0 aliphatic carbocycles. The summed E-state index contributed by atoms with van der Waals surface area (Å²) in [6.45, 7) is 3.21. The molecular formula is C21H20N2O5. The molecule has 0 spiro atoms. The van der Waals surface area contributed by atoms with Crippen LogP contribution in [0.3, 0.4) is 0 Å². The second-order valence-corrected chi connectivity index (χ2v) is 6.53. The number of para-hydroxylation sites is 1. The number of carbonyl (C=O) groups excluding carboxylic acids is 4. The Kier molecular flexibility index (Phi) is 5.54. The van der Waals surface area contributed by atoms with E-state index < -0.39 is 30.3 Å². The van der Waals surface area contributed by atoms with Crippen LogP contribution in [-0.2, 0) is 14.3 Å². The minimum absolute atomic E-state index is 0.0936. The van der Waals surface area contributed by atoms with Crippen molar-refractivity contribution in [2.45, 2.75) is 20.3 Å². The minimum atomic E-state index is -0.659. The zero-order valence-electron chi connectivity index (χ0n) is 15.7. The fourth-order valence-corrected chi connectivity index (χ4v) is 3.05. The Labute approximate surface area is 162 Å². The molecule has 0 unspecified atom stereocenters. The lowest BCUT2D eigenvalue weighted by Crippen LogP contribution is -2.32. The van der Waals surface area contributed by atoms with Crippen molar-refractivity contribution in [2.24, 2.45) is 0 Å². The zero-order valence-corrected chi connectivity index (χ0v) is 15.7. The smallest absolute Gasteiger partial charge is 0.308 e. The van der Waals surface area contributed by atoms with E-state index in [9.17, 15) is 19.2 Å². The van der Waals surface area contributed by atoms with Gasteiger partial charge in [-0.05, 0) is 37.1 Å². The Bertz CT molecular complexity index is 912. The van der Waals surface area contributed by atoms with Gasteiger partial charge in [-0.25, -0.2) is 0 Å². The van der Waals surface area contributed by atoms with Crippen molar-refractivity contribution in [2.75, 3.05) is 18.5 Å². The van der Waals surface area contributed by atoms with Gasteiger partial charge in [-0.1, -0.05) is 30.3 Å². The molecule has 1 N–H and O–H groups in total. The number of benzene rings is 2. The number of aryl methyl sites for hydroxylation is 2. The Morgan fingerprint density at radius 3 is 2.07 bits per heavy atom. The van der Waals surface area contributed by atoms with Crippen molar-refractivity contribution in [3.63, 3.8) is 0 Å². The van der Waals surface area contributed by atoms with Gasteiger partial charge < -0.3 is 10.1 Å². The summed E-state index contributed by atoms with van der Waals surface area (Å²) in [6, 6.07) is 12.1. The number of anilines is 1. The van der Waals surface area contributed by atoms with Gasteiger partial charge in [-0.2, -0.15) is 0 Å². The first-order valence-electron chi connectivity index (χ1n) is 8.85. The lowest BCUT2D eigenvalue weighted by molar-refractivity contribution is -0.147. The van der Waals surface area contributed by atoms with E-state index in [-0.39, 0.29) is 13.0 Å². The van der Waals surface area contributed by atoms with Crippen molar-refractivity contribution in [1.82, 2.24) is 4.90 Å². The van der Waals surface area contributed by atoms with Gasteiger partial charge in [0, 0.05) is 12.2 Å². The molecule has 2 aromatic carbocycles. The number of fused-ring (bicyclic) bond motifs is 1. The van der Waals surface area contributed by atoms with Crippen LogP contribution >= 0.6 is 0 Å². The maximum Gasteiger partial charge on any atom is 0.308 e. The maximum atomic E-state index is 12.2. The lowest BCUT2D eigenvalue weighted by atomic mass is 10.1. The van der Waals surface area contributed by atoms with E-state index in [4.69, 9.17) is 4.74 Å². The number of hydrogen-bond acceptors (Lipinski definition) is 5. The largest absolute Gasteiger partial charge is 0.456 e. The Hall–Kier alpha value is -3.48.